The first-order valence-electron chi connectivity index (χ1n) is 10.7. The van der Waals surface area contributed by atoms with E-state index in [1.165, 1.54) is 48.5 Å². The molecule has 0 fully saturated rings. The van der Waals surface area contributed by atoms with Crippen LogP contribution in [0.25, 0.3) is 0 Å². The number of carbonyl (C=O) groups excluding carboxylic acids is 7. The summed E-state index contributed by atoms with van der Waals surface area (Å²) in [7, 11) is 0. The Kier molecular flexibility index (Phi) is 13.0. The minimum atomic E-state index is -1.04. The lowest BCUT2D eigenvalue weighted by Gasteiger charge is -2.22. The van der Waals surface area contributed by atoms with Gasteiger partial charge < -0.3 is 31.4 Å². The zero-order valence-corrected chi connectivity index (χ0v) is 20.4. The lowest BCUT2D eigenvalue weighted by atomic mass is 10.2. The molecule has 0 aliphatic heterocycles. The van der Waals surface area contributed by atoms with E-state index < -0.39 is 71.7 Å². The monoisotopic (exact) mass is 485 g/mol. The normalized spacial score (nSPS) is 15.7. The van der Waals surface area contributed by atoms with Gasteiger partial charge in [-0.05, 0) is 41.5 Å². The van der Waals surface area contributed by atoms with Crippen LogP contribution in [0, 0.1) is 0 Å². The van der Waals surface area contributed by atoms with Crippen molar-refractivity contribution in [2.24, 2.45) is 0 Å². The third kappa shape index (κ3) is 11.4. The predicted molar refractivity (Wildman–Crippen MR) is 121 cm³/mol. The molecule has 0 aromatic carbocycles. The van der Waals surface area contributed by atoms with E-state index >= 15 is 0 Å². The lowest BCUT2D eigenvalue weighted by molar-refractivity contribution is -0.134. The number of hydrogen-bond donors (Lipinski definition) is 7. The van der Waals surface area contributed by atoms with E-state index in [0.717, 1.165) is 0 Å². The Morgan fingerprint density at radius 2 is 0.824 bits per heavy atom. The molecule has 34 heavy (non-hydrogen) atoms. The summed E-state index contributed by atoms with van der Waals surface area (Å²) in [5.41, 5.74) is 4.72. The van der Waals surface area contributed by atoms with Crippen LogP contribution in [0.4, 0.5) is 0 Å². The van der Waals surface area contributed by atoms with E-state index in [1.54, 1.807) is 0 Å². The Hall–Kier alpha value is -3.55. The standard InChI is InChI=1S/C20H35N7O7/c1-9(8-28)21-16(30)10(2)22-17(31)11(3)23-18(32)12(4)24-19(33)13(5)25-20(34)14(6)26-27-15(7)29/h8-14,26H,1-7H3,(H,21,30)(H,22,31)(H,23,32)(H,24,33)(H,25,34)(H,27,29)/t9-,10?,11-,12?,13-,14?/m0/s1. The third-order valence-electron chi connectivity index (χ3n) is 4.44. The highest BCUT2D eigenvalue weighted by atomic mass is 16.2. The maximum Gasteiger partial charge on any atom is 0.242 e. The minimum absolute atomic E-state index is 0.390. The summed E-state index contributed by atoms with van der Waals surface area (Å²) in [5.74, 6) is -3.46. The Balaban J connectivity index is 4.63. The molecule has 0 aromatic rings. The van der Waals surface area contributed by atoms with Gasteiger partial charge in [0.1, 0.15) is 36.5 Å². The van der Waals surface area contributed by atoms with Crippen LogP contribution in [0.2, 0.25) is 0 Å². The van der Waals surface area contributed by atoms with E-state index in [4.69, 9.17) is 0 Å². The van der Waals surface area contributed by atoms with Gasteiger partial charge >= 0.3 is 0 Å². The van der Waals surface area contributed by atoms with Crippen LogP contribution in [0.5, 0.6) is 0 Å². The average Bonchev–Trinajstić information content (AvgIpc) is 2.76. The topological polar surface area (TPSA) is 204 Å². The molecule has 0 aromatic heterocycles. The maximum atomic E-state index is 12.3. The molecule has 0 rings (SSSR count). The number of rotatable bonds is 13. The highest BCUT2D eigenvalue weighted by molar-refractivity contribution is 5.95. The van der Waals surface area contributed by atoms with Gasteiger partial charge in [0.2, 0.25) is 35.4 Å². The summed E-state index contributed by atoms with van der Waals surface area (Å²) in [6, 6.07) is -5.52. The first-order valence-corrected chi connectivity index (χ1v) is 10.7. The third-order valence-corrected chi connectivity index (χ3v) is 4.44. The molecule has 3 unspecified atom stereocenters. The highest BCUT2D eigenvalue weighted by Crippen LogP contribution is 1.93. The summed E-state index contributed by atoms with van der Waals surface area (Å²) in [4.78, 5) is 82.3. The highest BCUT2D eigenvalue weighted by Gasteiger charge is 2.26. The molecule has 6 amide bonds. The fraction of sp³-hybridized carbons (Fsp3) is 0.650. The van der Waals surface area contributed by atoms with Crippen molar-refractivity contribution in [2.75, 3.05) is 0 Å². The van der Waals surface area contributed by atoms with Crippen molar-refractivity contribution in [3.8, 4) is 0 Å². The van der Waals surface area contributed by atoms with E-state index in [1.807, 2.05) is 0 Å². The molecule has 6 atom stereocenters. The molecule has 14 nitrogen and oxygen atoms in total. The van der Waals surface area contributed by atoms with Gasteiger partial charge in [0.25, 0.3) is 0 Å². The van der Waals surface area contributed by atoms with Crippen molar-refractivity contribution in [2.45, 2.75) is 84.7 Å². The second-order valence-electron chi connectivity index (χ2n) is 7.90. The summed E-state index contributed by atoms with van der Waals surface area (Å²) < 4.78 is 0. The summed E-state index contributed by atoms with van der Waals surface area (Å²) in [5, 5.41) is 12.1. The predicted octanol–water partition coefficient (Wildman–Crippen LogP) is -3.26. The number of nitrogens with one attached hydrogen (secondary N) is 7. The summed E-state index contributed by atoms with van der Waals surface area (Å²) in [6.45, 7) is 9.84. The Morgan fingerprint density at radius 1 is 0.529 bits per heavy atom. The first-order chi connectivity index (χ1) is 15.7. The summed E-state index contributed by atoms with van der Waals surface area (Å²) >= 11 is 0. The second kappa shape index (κ2) is 14.6. The van der Waals surface area contributed by atoms with Crippen molar-refractivity contribution >= 4 is 41.7 Å². The fourth-order valence-corrected chi connectivity index (χ4v) is 2.27. The van der Waals surface area contributed by atoms with Crippen molar-refractivity contribution in [3.63, 3.8) is 0 Å². The van der Waals surface area contributed by atoms with Gasteiger partial charge in [-0.2, -0.15) is 0 Å². The SMILES string of the molecule is CC(=O)NNC(C)C(=O)N[C@@H](C)C(=O)NC(C)C(=O)N[C@@H](C)C(=O)NC(C)C(=O)N[C@@H](C)C=O. The molecule has 192 valence electrons. The van der Waals surface area contributed by atoms with Crippen LogP contribution in [0.3, 0.4) is 0 Å². The van der Waals surface area contributed by atoms with E-state index in [0.29, 0.717) is 6.29 Å². The molecule has 0 aliphatic carbocycles. The number of amides is 6. The molecular weight excluding hydrogens is 450 g/mol. The van der Waals surface area contributed by atoms with Crippen molar-refractivity contribution < 1.29 is 33.6 Å². The number of hydrazine groups is 1. The zero-order valence-electron chi connectivity index (χ0n) is 20.4. The number of aldehydes is 1. The van der Waals surface area contributed by atoms with Gasteiger partial charge in [-0.1, -0.05) is 0 Å². The minimum Gasteiger partial charge on any atom is -0.345 e. The van der Waals surface area contributed by atoms with Crippen LogP contribution in [0.1, 0.15) is 48.5 Å². The van der Waals surface area contributed by atoms with Crippen molar-refractivity contribution in [1.29, 1.82) is 0 Å². The molecule has 7 N–H and O–H groups in total. The van der Waals surface area contributed by atoms with Crippen molar-refractivity contribution in [1.82, 2.24) is 37.4 Å². The zero-order chi connectivity index (χ0) is 26.6. The first kappa shape index (κ1) is 30.4. The Morgan fingerprint density at radius 3 is 1.12 bits per heavy atom. The molecule has 0 bridgehead atoms. The average molecular weight is 486 g/mol. The van der Waals surface area contributed by atoms with Crippen LogP contribution in [-0.4, -0.2) is 78.0 Å². The van der Waals surface area contributed by atoms with E-state index in [-0.39, 0.29) is 0 Å². The van der Waals surface area contributed by atoms with Crippen LogP contribution >= 0.6 is 0 Å². The van der Waals surface area contributed by atoms with Gasteiger partial charge in [-0.3, -0.25) is 34.2 Å². The van der Waals surface area contributed by atoms with Gasteiger partial charge in [-0.25, -0.2) is 5.43 Å². The maximum absolute atomic E-state index is 12.3. The summed E-state index contributed by atoms with van der Waals surface area (Å²) in [6.07, 6.45) is 0.542. The van der Waals surface area contributed by atoms with Gasteiger partial charge in [0.05, 0.1) is 6.04 Å². The van der Waals surface area contributed by atoms with Gasteiger partial charge in [-0.15, -0.1) is 0 Å². The Labute approximate surface area is 198 Å². The number of carbonyl (C=O) groups is 7. The molecule has 0 saturated heterocycles. The lowest BCUT2D eigenvalue weighted by Crippen LogP contribution is -2.57. The molecule has 0 spiro atoms. The molecule has 0 heterocycles. The Bertz CT molecular complexity index is 789. The molecular formula is C20H35N7O7. The van der Waals surface area contributed by atoms with Gasteiger partial charge in [0, 0.05) is 6.92 Å². The number of hydrogen-bond acceptors (Lipinski definition) is 8. The van der Waals surface area contributed by atoms with Crippen LogP contribution in [0.15, 0.2) is 0 Å². The molecule has 0 saturated carbocycles. The molecule has 0 radical (unpaired) electrons. The second-order valence-corrected chi connectivity index (χ2v) is 7.90. The van der Waals surface area contributed by atoms with Gasteiger partial charge in [0.15, 0.2) is 0 Å². The van der Waals surface area contributed by atoms with E-state index in [9.17, 15) is 33.6 Å². The quantitative estimate of drug-likeness (QED) is 0.104. The van der Waals surface area contributed by atoms with E-state index in [2.05, 4.69) is 37.4 Å². The molecule has 0 aliphatic rings. The van der Waals surface area contributed by atoms with Crippen molar-refractivity contribution in [3.05, 3.63) is 0 Å². The molecule has 14 heteroatoms. The smallest absolute Gasteiger partial charge is 0.242 e. The van der Waals surface area contributed by atoms with Crippen LogP contribution in [-0.2, 0) is 33.6 Å². The largest absolute Gasteiger partial charge is 0.345 e. The fourth-order valence-electron chi connectivity index (χ4n) is 2.27. The van der Waals surface area contributed by atoms with Crippen LogP contribution < -0.4 is 37.4 Å².